The van der Waals surface area contributed by atoms with Crippen molar-refractivity contribution in [1.82, 2.24) is 9.80 Å². The van der Waals surface area contributed by atoms with Gasteiger partial charge in [0, 0.05) is 37.3 Å². The Labute approximate surface area is 178 Å². The zero-order valence-electron chi connectivity index (χ0n) is 16.9. The summed E-state index contributed by atoms with van der Waals surface area (Å²) >= 11 is 0. The minimum atomic E-state index is -0.857. The fourth-order valence-electron chi connectivity index (χ4n) is 4.17. The molecule has 2 fully saturated rings. The van der Waals surface area contributed by atoms with Gasteiger partial charge in [0.05, 0.1) is 5.69 Å². The molecule has 2 aliphatic rings. The SMILES string of the molecule is O=C(Nc1ccc(F)cc1F)c1ccc(CN2CCN(C3CCCC3)C(=O)C2=O)cc1. The van der Waals surface area contributed by atoms with Crippen LogP contribution >= 0.6 is 0 Å². The molecule has 6 nitrogen and oxygen atoms in total. The van der Waals surface area contributed by atoms with Crippen LogP contribution in [0.1, 0.15) is 41.6 Å². The third-order valence-corrected chi connectivity index (χ3v) is 5.88. The van der Waals surface area contributed by atoms with Crippen molar-refractivity contribution in [2.45, 2.75) is 38.3 Å². The summed E-state index contributed by atoms with van der Waals surface area (Å²) in [5.74, 6) is -3.04. The number of benzene rings is 2. The van der Waals surface area contributed by atoms with Crippen molar-refractivity contribution >= 4 is 23.4 Å². The minimum Gasteiger partial charge on any atom is -0.330 e. The number of hydrogen-bond acceptors (Lipinski definition) is 3. The zero-order chi connectivity index (χ0) is 22.0. The number of anilines is 1. The lowest BCUT2D eigenvalue weighted by molar-refractivity contribution is -0.158. The van der Waals surface area contributed by atoms with Crippen molar-refractivity contribution in [3.05, 3.63) is 65.2 Å². The van der Waals surface area contributed by atoms with Crippen molar-refractivity contribution in [3.63, 3.8) is 0 Å². The van der Waals surface area contributed by atoms with E-state index in [1.165, 1.54) is 4.90 Å². The lowest BCUT2D eigenvalue weighted by atomic mass is 10.1. The molecule has 31 heavy (non-hydrogen) atoms. The first kappa shape index (κ1) is 21.0. The summed E-state index contributed by atoms with van der Waals surface area (Å²) < 4.78 is 26.7. The maximum absolute atomic E-state index is 13.7. The number of hydrogen-bond donors (Lipinski definition) is 1. The van der Waals surface area contributed by atoms with Gasteiger partial charge < -0.3 is 15.1 Å². The van der Waals surface area contributed by atoms with Crippen LogP contribution in [-0.2, 0) is 16.1 Å². The highest BCUT2D eigenvalue weighted by atomic mass is 19.1. The molecule has 0 bridgehead atoms. The summed E-state index contributed by atoms with van der Waals surface area (Å²) in [7, 11) is 0. The Morgan fingerprint density at radius 2 is 1.68 bits per heavy atom. The van der Waals surface area contributed by atoms with Crippen molar-refractivity contribution < 1.29 is 23.2 Å². The van der Waals surface area contributed by atoms with Gasteiger partial charge in [-0.1, -0.05) is 25.0 Å². The maximum atomic E-state index is 13.7. The number of piperazine rings is 1. The molecule has 8 heteroatoms. The average Bonchev–Trinajstić information content (AvgIpc) is 3.28. The lowest BCUT2D eigenvalue weighted by Crippen LogP contribution is -2.56. The van der Waals surface area contributed by atoms with Crippen LogP contribution in [0.5, 0.6) is 0 Å². The van der Waals surface area contributed by atoms with Gasteiger partial charge in [-0.05, 0) is 42.7 Å². The fraction of sp³-hybridized carbons (Fsp3) is 0.348. The summed E-state index contributed by atoms with van der Waals surface area (Å²) in [4.78, 5) is 40.6. The fourth-order valence-corrected chi connectivity index (χ4v) is 4.17. The quantitative estimate of drug-likeness (QED) is 0.745. The molecule has 0 unspecified atom stereocenters. The maximum Gasteiger partial charge on any atom is 0.312 e. The van der Waals surface area contributed by atoms with Crippen LogP contribution < -0.4 is 5.32 Å². The van der Waals surface area contributed by atoms with E-state index in [1.54, 1.807) is 29.2 Å². The topological polar surface area (TPSA) is 69.7 Å². The van der Waals surface area contributed by atoms with E-state index in [-0.39, 0.29) is 18.3 Å². The van der Waals surface area contributed by atoms with Crippen LogP contribution in [0.4, 0.5) is 14.5 Å². The van der Waals surface area contributed by atoms with Crippen LogP contribution in [0.25, 0.3) is 0 Å². The Balaban J connectivity index is 1.36. The van der Waals surface area contributed by atoms with Crippen LogP contribution in [0.2, 0.25) is 0 Å². The summed E-state index contributed by atoms with van der Waals surface area (Å²) in [5.41, 5.74) is 0.959. The highest BCUT2D eigenvalue weighted by Crippen LogP contribution is 2.25. The molecule has 1 heterocycles. The number of rotatable bonds is 5. The van der Waals surface area contributed by atoms with Gasteiger partial charge in [-0.25, -0.2) is 8.78 Å². The average molecular weight is 427 g/mol. The van der Waals surface area contributed by atoms with Crippen LogP contribution in [-0.4, -0.2) is 46.7 Å². The predicted octanol–water partition coefficient (Wildman–Crippen LogP) is 3.33. The van der Waals surface area contributed by atoms with Crippen LogP contribution in [0.15, 0.2) is 42.5 Å². The molecule has 2 aromatic rings. The summed E-state index contributed by atoms with van der Waals surface area (Å²) in [5, 5.41) is 2.40. The van der Waals surface area contributed by atoms with E-state index >= 15 is 0 Å². The molecule has 0 atom stereocenters. The number of nitrogens with one attached hydrogen (secondary N) is 1. The molecule has 0 radical (unpaired) electrons. The Morgan fingerprint density at radius 3 is 2.35 bits per heavy atom. The molecular weight excluding hydrogens is 404 g/mol. The standard InChI is InChI=1S/C23H23F2N3O3/c24-17-9-10-20(19(25)13-17)26-21(29)16-7-5-15(6-8-16)14-27-11-12-28(23(31)22(27)30)18-3-1-2-4-18/h5-10,13,18H,1-4,11-12,14H2,(H,26,29). The van der Waals surface area contributed by atoms with Crippen molar-refractivity contribution in [2.75, 3.05) is 18.4 Å². The minimum absolute atomic E-state index is 0.111. The monoisotopic (exact) mass is 427 g/mol. The van der Waals surface area contributed by atoms with E-state index < -0.39 is 29.4 Å². The summed E-state index contributed by atoms with van der Waals surface area (Å²) in [6, 6.07) is 9.61. The summed E-state index contributed by atoms with van der Waals surface area (Å²) in [6.07, 6.45) is 4.12. The Morgan fingerprint density at radius 1 is 0.968 bits per heavy atom. The van der Waals surface area contributed by atoms with Crippen LogP contribution in [0.3, 0.4) is 0 Å². The van der Waals surface area contributed by atoms with Gasteiger partial charge >= 0.3 is 11.8 Å². The zero-order valence-corrected chi connectivity index (χ0v) is 16.9. The van der Waals surface area contributed by atoms with E-state index in [0.29, 0.717) is 24.7 Å². The molecule has 0 aromatic heterocycles. The number of amides is 3. The van der Waals surface area contributed by atoms with Crippen molar-refractivity contribution in [3.8, 4) is 0 Å². The second-order valence-corrected chi connectivity index (χ2v) is 7.94. The molecule has 2 aromatic carbocycles. The molecule has 1 aliphatic carbocycles. The van der Waals surface area contributed by atoms with Crippen molar-refractivity contribution in [1.29, 1.82) is 0 Å². The Kier molecular flexibility index (Phi) is 5.97. The highest BCUT2D eigenvalue weighted by molar-refractivity contribution is 6.35. The molecule has 4 rings (SSSR count). The predicted molar refractivity (Wildman–Crippen MR) is 110 cm³/mol. The Bertz CT molecular complexity index is 1000. The van der Waals surface area contributed by atoms with Gasteiger partial charge in [0.2, 0.25) is 0 Å². The summed E-state index contributed by atoms with van der Waals surface area (Å²) in [6.45, 7) is 1.30. The third-order valence-electron chi connectivity index (χ3n) is 5.88. The largest absolute Gasteiger partial charge is 0.330 e. The number of carbonyl (C=O) groups excluding carboxylic acids is 3. The first-order chi connectivity index (χ1) is 14.9. The lowest BCUT2D eigenvalue weighted by Gasteiger charge is -2.37. The van der Waals surface area contributed by atoms with Crippen LogP contribution in [0, 0.1) is 11.6 Å². The van der Waals surface area contributed by atoms with Gasteiger partial charge in [-0.15, -0.1) is 0 Å². The van der Waals surface area contributed by atoms with E-state index in [4.69, 9.17) is 0 Å². The number of nitrogens with zero attached hydrogens (tertiary/aromatic N) is 2. The normalized spacial score (nSPS) is 17.4. The molecule has 1 N–H and O–H groups in total. The first-order valence-corrected chi connectivity index (χ1v) is 10.4. The van der Waals surface area contributed by atoms with E-state index in [0.717, 1.165) is 43.4 Å². The third kappa shape index (κ3) is 4.57. The number of carbonyl (C=O) groups is 3. The second-order valence-electron chi connectivity index (χ2n) is 7.94. The molecule has 1 saturated heterocycles. The Hall–Kier alpha value is -3.29. The van der Waals surface area contributed by atoms with E-state index in [2.05, 4.69) is 5.32 Å². The van der Waals surface area contributed by atoms with Gasteiger partial charge in [-0.2, -0.15) is 0 Å². The molecule has 1 saturated carbocycles. The van der Waals surface area contributed by atoms with Gasteiger partial charge in [0.15, 0.2) is 0 Å². The van der Waals surface area contributed by atoms with Gasteiger partial charge in [0.1, 0.15) is 11.6 Å². The van der Waals surface area contributed by atoms with Gasteiger partial charge in [0.25, 0.3) is 5.91 Å². The second kappa shape index (κ2) is 8.83. The molecule has 162 valence electrons. The highest BCUT2D eigenvalue weighted by Gasteiger charge is 2.37. The molecule has 1 aliphatic heterocycles. The van der Waals surface area contributed by atoms with E-state index in [9.17, 15) is 23.2 Å². The molecular formula is C23H23F2N3O3. The smallest absolute Gasteiger partial charge is 0.312 e. The van der Waals surface area contributed by atoms with Crippen molar-refractivity contribution in [2.24, 2.45) is 0 Å². The molecule has 3 amide bonds. The van der Waals surface area contributed by atoms with E-state index in [1.807, 2.05) is 0 Å². The molecule has 0 spiro atoms. The first-order valence-electron chi connectivity index (χ1n) is 10.4. The van der Waals surface area contributed by atoms with Gasteiger partial charge in [-0.3, -0.25) is 14.4 Å². The number of halogens is 2.